The van der Waals surface area contributed by atoms with Gasteiger partial charge in [0.15, 0.2) is 0 Å². The van der Waals surface area contributed by atoms with Crippen molar-refractivity contribution >= 4 is 17.5 Å². The molecule has 1 N–H and O–H groups in total. The Bertz CT molecular complexity index is 909. The number of hydrogen-bond donors (Lipinski definition) is 1. The van der Waals surface area contributed by atoms with Crippen LogP contribution in [0.2, 0.25) is 5.02 Å². The minimum Gasteiger partial charge on any atom is -0.343 e. The SMILES string of the molecule is O=C(N[C@H](Cn1ccnc1)c1cccc(C(F)(F)F)c1)c1ccc(Cl)cc1. The van der Waals surface area contributed by atoms with Gasteiger partial charge in [0.1, 0.15) is 0 Å². The molecule has 1 amide bonds. The molecular weight excluding hydrogens is 379 g/mol. The number of halogens is 4. The highest BCUT2D eigenvalue weighted by Gasteiger charge is 2.31. The van der Waals surface area contributed by atoms with Crippen molar-refractivity contribution in [2.45, 2.75) is 18.8 Å². The van der Waals surface area contributed by atoms with Crippen LogP contribution in [0, 0.1) is 0 Å². The number of carbonyl (C=O) groups excluding carboxylic acids is 1. The quantitative estimate of drug-likeness (QED) is 0.681. The monoisotopic (exact) mass is 393 g/mol. The van der Waals surface area contributed by atoms with E-state index < -0.39 is 23.7 Å². The van der Waals surface area contributed by atoms with E-state index in [4.69, 9.17) is 11.6 Å². The molecule has 2 aromatic carbocycles. The van der Waals surface area contributed by atoms with Gasteiger partial charge in [0, 0.05) is 29.5 Å². The van der Waals surface area contributed by atoms with Gasteiger partial charge in [0.05, 0.1) is 17.9 Å². The molecule has 0 spiro atoms. The maximum atomic E-state index is 13.1. The van der Waals surface area contributed by atoms with Crippen LogP contribution >= 0.6 is 11.6 Å². The Morgan fingerprint density at radius 2 is 1.93 bits per heavy atom. The molecule has 3 aromatic rings. The second kappa shape index (κ2) is 7.84. The smallest absolute Gasteiger partial charge is 0.343 e. The van der Waals surface area contributed by atoms with E-state index in [1.807, 2.05) is 0 Å². The third-order valence-corrected chi connectivity index (χ3v) is 4.23. The molecule has 0 aliphatic carbocycles. The molecule has 1 atom stereocenters. The van der Waals surface area contributed by atoms with E-state index >= 15 is 0 Å². The number of imidazole rings is 1. The average Bonchev–Trinajstić information content (AvgIpc) is 3.14. The van der Waals surface area contributed by atoms with E-state index in [9.17, 15) is 18.0 Å². The topological polar surface area (TPSA) is 46.9 Å². The lowest BCUT2D eigenvalue weighted by Crippen LogP contribution is -2.31. The number of carbonyl (C=O) groups is 1. The van der Waals surface area contributed by atoms with Crippen LogP contribution in [-0.2, 0) is 12.7 Å². The Morgan fingerprint density at radius 3 is 2.56 bits per heavy atom. The molecule has 0 saturated carbocycles. The predicted molar refractivity (Wildman–Crippen MR) is 95.3 cm³/mol. The summed E-state index contributed by atoms with van der Waals surface area (Å²) in [6.07, 6.45) is 0.310. The van der Waals surface area contributed by atoms with Crippen molar-refractivity contribution in [3.05, 3.63) is 89.0 Å². The Hall–Kier alpha value is -2.80. The summed E-state index contributed by atoms with van der Waals surface area (Å²) < 4.78 is 40.9. The molecule has 0 unspecified atom stereocenters. The summed E-state index contributed by atoms with van der Waals surface area (Å²) in [5, 5.41) is 3.27. The summed E-state index contributed by atoms with van der Waals surface area (Å²) in [5.41, 5.74) is -0.0563. The van der Waals surface area contributed by atoms with Gasteiger partial charge in [-0.2, -0.15) is 13.2 Å². The molecule has 4 nitrogen and oxygen atoms in total. The normalized spacial score (nSPS) is 12.6. The van der Waals surface area contributed by atoms with Gasteiger partial charge in [-0.25, -0.2) is 4.98 Å². The fourth-order valence-electron chi connectivity index (χ4n) is 2.61. The van der Waals surface area contributed by atoms with Crippen molar-refractivity contribution in [1.82, 2.24) is 14.9 Å². The number of alkyl halides is 3. The summed E-state index contributed by atoms with van der Waals surface area (Å²) in [4.78, 5) is 16.5. The van der Waals surface area contributed by atoms with Gasteiger partial charge in [-0.05, 0) is 42.0 Å². The van der Waals surface area contributed by atoms with E-state index in [-0.39, 0.29) is 6.54 Å². The van der Waals surface area contributed by atoms with E-state index in [2.05, 4.69) is 10.3 Å². The maximum Gasteiger partial charge on any atom is 0.416 e. The molecule has 1 heterocycles. The van der Waals surface area contributed by atoms with Crippen LogP contribution in [0.4, 0.5) is 13.2 Å². The van der Waals surface area contributed by atoms with Gasteiger partial charge < -0.3 is 9.88 Å². The number of hydrogen-bond acceptors (Lipinski definition) is 2. The summed E-state index contributed by atoms with van der Waals surface area (Å²) in [7, 11) is 0. The first kappa shape index (κ1) is 19.0. The highest BCUT2D eigenvalue weighted by molar-refractivity contribution is 6.30. The van der Waals surface area contributed by atoms with Crippen LogP contribution in [0.3, 0.4) is 0 Å². The first-order chi connectivity index (χ1) is 12.8. The number of rotatable bonds is 5. The summed E-state index contributed by atoms with van der Waals surface area (Å²) in [6, 6.07) is 10.5. The van der Waals surface area contributed by atoms with Gasteiger partial charge in [-0.1, -0.05) is 23.7 Å². The van der Waals surface area contributed by atoms with Crippen LogP contribution in [0.5, 0.6) is 0 Å². The average molecular weight is 394 g/mol. The molecular formula is C19H15ClF3N3O. The fourth-order valence-corrected chi connectivity index (χ4v) is 2.74. The Kier molecular flexibility index (Phi) is 5.51. The lowest BCUT2D eigenvalue weighted by molar-refractivity contribution is -0.137. The minimum absolute atomic E-state index is 0.237. The first-order valence-corrected chi connectivity index (χ1v) is 8.40. The molecule has 140 valence electrons. The molecule has 0 aliphatic rings. The van der Waals surface area contributed by atoms with Crippen molar-refractivity contribution in [1.29, 1.82) is 0 Å². The molecule has 27 heavy (non-hydrogen) atoms. The van der Waals surface area contributed by atoms with Crippen molar-refractivity contribution in [3.8, 4) is 0 Å². The van der Waals surface area contributed by atoms with Crippen molar-refractivity contribution in [2.24, 2.45) is 0 Å². The number of amides is 1. The van der Waals surface area contributed by atoms with E-state index in [1.165, 1.54) is 12.4 Å². The summed E-state index contributed by atoms with van der Waals surface area (Å²) in [6.45, 7) is 0.237. The van der Waals surface area contributed by atoms with Gasteiger partial charge in [-0.15, -0.1) is 0 Å². The van der Waals surface area contributed by atoms with Crippen LogP contribution in [0.1, 0.15) is 27.5 Å². The number of nitrogens with one attached hydrogen (secondary N) is 1. The van der Waals surface area contributed by atoms with Crippen molar-refractivity contribution in [3.63, 3.8) is 0 Å². The van der Waals surface area contributed by atoms with E-state index in [0.29, 0.717) is 16.1 Å². The van der Waals surface area contributed by atoms with Crippen molar-refractivity contribution < 1.29 is 18.0 Å². The zero-order valence-electron chi connectivity index (χ0n) is 13.9. The van der Waals surface area contributed by atoms with E-state index in [0.717, 1.165) is 12.1 Å². The summed E-state index contributed by atoms with van der Waals surface area (Å²) in [5.74, 6) is -0.408. The Labute approximate surface area is 158 Å². The van der Waals surface area contributed by atoms with E-state index in [1.54, 1.807) is 47.3 Å². The van der Waals surface area contributed by atoms with Gasteiger partial charge in [0.2, 0.25) is 0 Å². The van der Waals surface area contributed by atoms with Crippen LogP contribution in [0.15, 0.2) is 67.3 Å². The summed E-state index contributed by atoms with van der Waals surface area (Å²) >= 11 is 5.82. The Morgan fingerprint density at radius 1 is 1.19 bits per heavy atom. The van der Waals surface area contributed by atoms with Gasteiger partial charge in [-0.3, -0.25) is 4.79 Å². The minimum atomic E-state index is -4.46. The highest BCUT2D eigenvalue weighted by atomic mass is 35.5. The zero-order chi connectivity index (χ0) is 19.4. The predicted octanol–water partition coefficient (Wildman–Crippen LogP) is 4.73. The second-order valence-electron chi connectivity index (χ2n) is 5.92. The van der Waals surface area contributed by atoms with Gasteiger partial charge in [0.25, 0.3) is 5.91 Å². The van der Waals surface area contributed by atoms with Gasteiger partial charge >= 0.3 is 6.18 Å². The molecule has 3 rings (SSSR count). The first-order valence-electron chi connectivity index (χ1n) is 8.02. The third kappa shape index (κ3) is 4.89. The molecule has 0 saturated heterocycles. The number of benzene rings is 2. The molecule has 0 radical (unpaired) electrons. The lowest BCUT2D eigenvalue weighted by Gasteiger charge is -2.21. The number of nitrogens with zero attached hydrogens (tertiary/aromatic N) is 2. The van der Waals surface area contributed by atoms with Crippen LogP contribution in [0.25, 0.3) is 0 Å². The fraction of sp³-hybridized carbons (Fsp3) is 0.158. The number of aromatic nitrogens is 2. The molecule has 8 heteroatoms. The molecule has 0 bridgehead atoms. The zero-order valence-corrected chi connectivity index (χ0v) is 14.7. The third-order valence-electron chi connectivity index (χ3n) is 3.98. The largest absolute Gasteiger partial charge is 0.416 e. The lowest BCUT2D eigenvalue weighted by atomic mass is 10.0. The molecule has 1 aromatic heterocycles. The van der Waals surface area contributed by atoms with Crippen molar-refractivity contribution in [2.75, 3.05) is 0 Å². The van der Waals surface area contributed by atoms with Crippen LogP contribution < -0.4 is 5.32 Å². The highest BCUT2D eigenvalue weighted by Crippen LogP contribution is 2.31. The standard InChI is InChI=1S/C19H15ClF3N3O/c20-16-6-4-13(5-7-16)18(27)25-17(11-26-9-8-24-12-26)14-2-1-3-15(10-14)19(21,22)23/h1-10,12,17H,11H2,(H,25,27)/t17-/m1/s1. The molecule has 0 aliphatic heterocycles. The maximum absolute atomic E-state index is 13.1. The van der Waals surface area contributed by atoms with Crippen LogP contribution in [-0.4, -0.2) is 15.5 Å². The Balaban J connectivity index is 1.89. The second-order valence-corrected chi connectivity index (χ2v) is 6.35. The molecule has 0 fully saturated rings.